The van der Waals surface area contributed by atoms with Crippen LogP contribution >= 0.6 is 7.82 Å². The van der Waals surface area contributed by atoms with Gasteiger partial charge in [0.15, 0.2) is 23.8 Å². The monoisotopic (exact) mass is 473 g/mol. The van der Waals surface area contributed by atoms with E-state index in [-0.39, 0.29) is 18.5 Å². The Labute approximate surface area is 184 Å². The number of nitrogen functional groups attached to an aromatic ring is 1. The number of hydrogen-bond donors (Lipinski definition) is 2. The van der Waals surface area contributed by atoms with E-state index in [9.17, 15) is 14.3 Å². The van der Waals surface area contributed by atoms with Gasteiger partial charge in [-0.2, -0.15) is 0 Å². The Morgan fingerprint density at radius 1 is 1.25 bits per heavy atom. The molecule has 3 rings (SSSR count). The fraction of sp³-hybridized carbons (Fsp3) is 0.667. The van der Waals surface area contributed by atoms with Crippen molar-refractivity contribution in [3.8, 4) is 0 Å². The highest BCUT2D eigenvalue weighted by molar-refractivity contribution is 7.47. The number of esters is 1. The highest BCUT2D eigenvalue weighted by atomic mass is 31.2. The molecule has 0 spiro atoms. The summed E-state index contributed by atoms with van der Waals surface area (Å²) < 4.78 is 41.4. The van der Waals surface area contributed by atoms with E-state index < -0.39 is 44.4 Å². The van der Waals surface area contributed by atoms with Gasteiger partial charge in [-0.05, 0) is 27.7 Å². The summed E-state index contributed by atoms with van der Waals surface area (Å²) in [6, 6.07) is 0. The molecule has 2 aromatic heterocycles. The van der Waals surface area contributed by atoms with Crippen LogP contribution in [0.15, 0.2) is 12.7 Å². The van der Waals surface area contributed by atoms with Crippen LogP contribution in [-0.2, 0) is 32.6 Å². The molecule has 3 N–H and O–H groups in total. The van der Waals surface area contributed by atoms with Crippen LogP contribution in [0.5, 0.6) is 0 Å². The first kappa shape index (κ1) is 24.5. The molecule has 2 aromatic rings. The van der Waals surface area contributed by atoms with Gasteiger partial charge in [0, 0.05) is 6.92 Å². The maximum atomic E-state index is 12.2. The number of phosphoric ester groups is 1. The minimum Gasteiger partial charge on any atom is -0.455 e. The first-order valence-electron chi connectivity index (χ1n) is 10.1. The number of carbonyl (C=O) groups is 1. The lowest BCUT2D eigenvalue weighted by Crippen LogP contribution is -2.40. The molecular formula is C18H28N5O8P. The van der Waals surface area contributed by atoms with Crippen molar-refractivity contribution in [1.82, 2.24) is 19.5 Å². The molecule has 1 aliphatic rings. The largest absolute Gasteiger partial charge is 0.472 e. The lowest BCUT2D eigenvalue weighted by molar-refractivity contribution is -0.159. The van der Waals surface area contributed by atoms with Gasteiger partial charge in [-0.25, -0.2) is 19.5 Å². The van der Waals surface area contributed by atoms with Gasteiger partial charge in [0.25, 0.3) is 0 Å². The number of ether oxygens (including phenoxy) is 3. The molecule has 0 bridgehead atoms. The maximum absolute atomic E-state index is 12.2. The number of rotatable bonds is 9. The SMILES string of the molecule is CC(=O)O[C@H]1C(OC(C)C)[C@@H](COP(=O)(O)OC(C)C)O[C@H]1n1cnc2c(N)ncnc21. The minimum atomic E-state index is -4.33. The van der Waals surface area contributed by atoms with Crippen LogP contribution in [0, 0.1) is 0 Å². The number of hydrogen-bond acceptors (Lipinski definition) is 11. The van der Waals surface area contributed by atoms with Crippen molar-refractivity contribution in [1.29, 1.82) is 0 Å². The number of fused-ring (bicyclic) bond motifs is 1. The van der Waals surface area contributed by atoms with E-state index in [1.807, 2.05) is 0 Å². The van der Waals surface area contributed by atoms with Crippen LogP contribution in [0.3, 0.4) is 0 Å². The van der Waals surface area contributed by atoms with Crippen LogP contribution in [0.1, 0.15) is 40.8 Å². The maximum Gasteiger partial charge on any atom is 0.472 e. The zero-order valence-corrected chi connectivity index (χ0v) is 19.3. The van der Waals surface area contributed by atoms with Gasteiger partial charge in [0.05, 0.1) is 25.1 Å². The molecular weight excluding hydrogens is 445 g/mol. The Bertz CT molecular complexity index is 999. The molecule has 0 amide bonds. The van der Waals surface area contributed by atoms with E-state index in [4.69, 9.17) is 29.0 Å². The second kappa shape index (κ2) is 9.77. The van der Waals surface area contributed by atoms with Crippen LogP contribution in [-0.4, -0.2) is 67.5 Å². The summed E-state index contributed by atoms with van der Waals surface area (Å²) in [6.07, 6.45) is -1.62. The topological polar surface area (TPSA) is 170 Å². The lowest BCUT2D eigenvalue weighted by Gasteiger charge is -2.26. The smallest absolute Gasteiger partial charge is 0.455 e. The van der Waals surface area contributed by atoms with Crippen molar-refractivity contribution in [3.05, 3.63) is 12.7 Å². The van der Waals surface area contributed by atoms with Crippen LogP contribution in [0.2, 0.25) is 0 Å². The highest BCUT2D eigenvalue weighted by Crippen LogP contribution is 2.46. The van der Waals surface area contributed by atoms with E-state index in [2.05, 4.69) is 15.0 Å². The molecule has 14 heteroatoms. The fourth-order valence-corrected chi connectivity index (χ4v) is 4.31. The first-order valence-corrected chi connectivity index (χ1v) is 11.5. The summed E-state index contributed by atoms with van der Waals surface area (Å²) in [4.78, 5) is 34.1. The summed E-state index contributed by atoms with van der Waals surface area (Å²) >= 11 is 0. The van der Waals surface area contributed by atoms with E-state index in [1.54, 1.807) is 32.3 Å². The molecule has 5 atom stereocenters. The molecule has 0 radical (unpaired) electrons. The number of imidazole rings is 1. The van der Waals surface area contributed by atoms with Crippen molar-refractivity contribution in [3.63, 3.8) is 0 Å². The normalized spacial score (nSPS) is 25.5. The van der Waals surface area contributed by atoms with Crippen molar-refractivity contribution >= 4 is 30.8 Å². The van der Waals surface area contributed by atoms with Crippen molar-refractivity contribution in [2.24, 2.45) is 0 Å². The Kier molecular flexibility index (Phi) is 7.48. The van der Waals surface area contributed by atoms with Gasteiger partial charge in [-0.3, -0.25) is 18.4 Å². The molecule has 1 saturated heterocycles. The van der Waals surface area contributed by atoms with E-state index in [1.165, 1.54) is 19.6 Å². The molecule has 0 aromatic carbocycles. The van der Waals surface area contributed by atoms with Crippen LogP contribution < -0.4 is 5.73 Å². The van der Waals surface area contributed by atoms with Crippen molar-refractivity contribution in [2.75, 3.05) is 12.3 Å². The first-order chi connectivity index (χ1) is 15.0. The third-order valence-electron chi connectivity index (χ3n) is 4.42. The Morgan fingerprint density at radius 2 is 1.97 bits per heavy atom. The second-order valence-corrected chi connectivity index (χ2v) is 9.20. The average molecular weight is 473 g/mol. The molecule has 178 valence electrons. The molecule has 32 heavy (non-hydrogen) atoms. The highest BCUT2D eigenvalue weighted by Gasteiger charge is 2.50. The number of anilines is 1. The summed E-state index contributed by atoms with van der Waals surface area (Å²) in [7, 11) is -4.33. The van der Waals surface area contributed by atoms with Crippen LogP contribution in [0.25, 0.3) is 11.2 Å². The summed E-state index contributed by atoms with van der Waals surface area (Å²) in [5, 5.41) is 0. The van der Waals surface area contributed by atoms with Crippen molar-refractivity contribution < 1.29 is 37.5 Å². The second-order valence-electron chi connectivity index (χ2n) is 7.79. The predicted molar refractivity (Wildman–Crippen MR) is 111 cm³/mol. The third kappa shape index (κ3) is 5.61. The quantitative estimate of drug-likeness (QED) is 0.399. The molecule has 3 heterocycles. The standard InChI is InChI=1S/C18H28N5O8P/c1-9(2)28-14-12(6-27-32(25,26)31-10(3)4)30-18(15(14)29-11(5)24)23-8-22-13-16(19)20-7-21-17(13)23/h7-10,12,14-15,18H,6H2,1-5H3,(H,25,26)(H2,19,20,21)/t12-,14?,15+,18-/m1/s1. The number of aromatic nitrogens is 4. The summed E-state index contributed by atoms with van der Waals surface area (Å²) in [5.74, 6) is -0.380. The average Bonchev–Trinajstić information content (AvgIpc) is 3.22. The van der Waals surface area contributed by atoms with E-state index in [0.717, 1.165) is 0 Å². The van der Waals surface area contributed by atoms with Crippen molar-refractivity contribution in [2.45, 2.75) is 71.4 Å². The van der Waals surface area contributed by atoms with Gasteiger partial charge in [-0.15, -0.1) is 0 Å². The number of carbonyl (C=O) groups excluding carboxylic acids is 1. The number of phosphoric acid groups is 1. The van der Waals surface area contributed by atoms with Gasteiger partial charge in [0.1, 0.15) is 24.1 Å². The van der Waals surface area contributed by atoms with Gasteiger partial charge >= 0.3 is 13.8 Å². The van der Waals surface area contributed by atoms with E-state index in [0.29, 0.717) is 11.2 Å². The molecule has 13 nitrogen and oxygen atoms in total. The predicted octanol–water partition coefficient (Wildman–Crippen LogP) is 1.57. The molecule has 1 fully saturated rings. The van der Waals surface area contributed by atoms with Gasteiger partial charge in [-0.1, -0.05) is 0 Å². The van der Waals surface area contributed by atoms with E-state index >= 15 is 0 Å². The zero-order chi connectivity index (χ0) is 23.6. The lowest BCUT2D eigenvalue weighted by atomic mass is 10.1. The number of nitrogens with zero attached hydrogens (tertiary/aromatic N) is 4. The van der Waals surface area contributed by atoms with Crippen LogP contribution in [0.4, 0.5) is 5.82 Å². The number of nitrogens with two attached hydrogens (primary N) is 1. The summed E-state index contributed by atoms with van der Waals surface area (Å²) in [6.45, 7) is 7.72. The minimum absolute atomic E-state index is 0.178. The Hall–Kier alpha value is -2.15. The molecule has 1 aliphatic heterocycles. The molecule has 0 saturated carbocycles. The van der Waals surface area contributed by atoms with Gasteiger partial charge in [0.2, 0.25) is 0 Å². The summed E-state index contributed by atoms with van der Waals surface area (Å²) in [5.41, 5.74) is 6.58. The zero-order valence-electron chi connectivity index (χ0n) is 18.4. The Balaban J connectivity index is 1.94. The molecule has 0 aliphatic carbocycles. The Morgan fingerprint density at radius 3 is 2.59 bits per heavy atom. The molecule has 2 unspecified atom stereocenters. The fourth-order valence-electron chi connectivity index (χ4n) is 3.38. The van der Waals surface area contributed by atoms with Gasteiger partial charge < -0.3 is 24.8 Å². The third-order valence-corrected chi connectivity index (χ3v) is 5.59.